The van der Waals surface area contributed by atoms with Crippen molar-refractivity contribution in [3.63, 3.8) is 0 Å². The van der Waals surface area contributed by atoms with Gasteiger partial charge in [0.05, 0.1) is 324 Å². The number of nitrogens with one attached hydrogen (secondary N) is 1. The van der Waals surface area contributed by atoms with Crippen LogP contribution in [0.1, 0.15) is 153 Å². The van der Waals surface area contributed by atoms with Crippen LogP contribution in [-0.2, 0) is 160 Å². The number of amides is 1. The molecule has 3 N–H and O–H groups in total. The van der Waals surface area contributed by atoms with Gasteiger partial charge in [0.15, 0.2) is 0 Å². The molecular formula is C90H160N2O31. The predicted molar refractivity (Wildman–Crippen MR) is 460 cm³/mol. The Morgan fingerprint density at radius 3 is 0.724 bits per heavy atom. The van der Waals surface area contributed by atoms with Crippen LogP contribution < -0.4 is 11.2 Å². The molecule has 2 aromatic rings. The van der Waals surface area contributed by atoms with Crippen molar-refractivity contribution in [1.29, 1.82) is 0 Å². The summed E-state index contributed by atoms with van der Waals surface area (Å²) in [4.78, 5) is 55.9. The molecule has 1 atom stereocenters. The third-order valence-electron chi connectivity index (χ3n) is 18.4. The van der Waals surface area contributed by atoms with Crippen LogP contribution >= 0.6 is 0 Å². The lowest BCUT2D eigenvalue weighted by Gasteiger charge is -2.31. The minimum atomic E-state index is -1.30. The molecule has 33 heteroatoms. The van der Waals surface area contributed by atoms with Gasteiger partial charge in [-0.2, -0.15) is 5.90 Å². The molecule has 1 unspecified atom stereocenters. The van der Waals surface area contributed by atoms with Gasteiger partial charge < -0.3 is 133 Å². The van der Waals surface area contributed by atoms with Gasteiger partial charge in [0, 0.05) is 13.0 Å². The van der Waals surface area contributed by atoms with Crippen LogP contribution in [0.3, 0.4) is 0 Å². The Labute approximate surface area is 735 Å². The van der Waals surface area contributed by atoms with Gasteiger partial charge in [-0.15, -0.1) is 0 Å². The first-order valence-corrected chi connectivity index (χ1v) is 45.4. The van der Waals surface area contributed by atoms with Gasteiger partial charge >= 0.3 is 17.9 Å². The first-order chi connectivity index (χ1) is 60.9. The largest absolute Gasteiger partial charge is 0.461 e. The lowest BCUT2D eigenvalue weighted by Crippen LogP contribution is -2.48. The Bertz CT molecular complexity index is 2520. The molecule has 0 bridgehead atoms. The van der Waals surface area contributed by atoms with E-state index < -0.39 is 17.4 Å². The Kier molecular flexibility index (Phi) is 88.3. The first kappa shape index (κ1) is 114. The average Bonchev–Trinajstić information content (AvgIpc) is 0.806. The average molecular weight is 1770 g/mol. The summed E-state index contributed by atoms with van der Waals surface area (Å²) in [5.74, 6) is 3.34. The number of carbonyl (C=O) groups is 4. The minimum Gasteiger partial charge on any atom is -0.461 e. The van der Waals surface area contributed by atoms with E-state index in [0.29, 0.717) is 330 Å². The molecule has 0 fully saturated rings. The molecule has 1 amide bonds. The summed E-state index contributed by atoms with van der Waals surface area (Å²) in [6.45, 7) is 24.3. The summed E-state index contributed by atoms with van der Waals surface area (Å²) in [6, 6.07) is 19.4. The summed E-state index contributed by atoms with van der Waals surface area (Å²) in [7, 11) is 0. The van der Waals surface area contributed by atoms with Gasteiger partial charge in [-0.05, 0) is 30.4 Å². The van der Waals surface area contributed by atoms with Gasteiger partial charge in [-0.1, -0.05) is 170 Å². The third-order valence-corrected chi connectivity index (χ3v) is 18.4. The van der Waals surface area contributed by atoms with E-state index in [1.165, 1.54) is 32.1 Å². The molecule has 2 rings (SSSR count). The zero-order valence-corrected chi connectivity index (χ0v) is 74.9. The maximum absolute atomic E-state index is 14.4. The lowest BCUT2D eigenvalue weighted by molar-refractivity contribution is -0.164. The first-order valence-electron chi connectivity index (χ1n) is 45.4. The predicted octanol–water partition coefficient (Wildman–Crippen LogP) is 9.60. The van der Waals surface area contributed by atoms with E-state index in [0.717, 1.165) is 88.2 Å². The Hall–Kier alpha value is -4.68. The number of nitrogens with two attached hydrogens (primary N) is 1. The summed E-state index contributed by atoms with van der Waals surface area (Å²) >= 11 is 0. The number of hydrogen-bond acceptors (Lipinski definition) is 32. The van der Waals surface area contributed by atoms with Crippen LogP contribution in [0.2, 0.25) is 0 Å². The lowest BCUT2D eigenvalue weighted by atomic mass is 9.76. The van der Waals surface area contributed by atoms with Crippen molar-refractivity contribution in [3.05, 3.63) is 71.8 Å². The van der Waals surface area contributed by atoms with Crippen LogP contribution in [0.25, 0.3) is 0 Å². The highest BCUT2D eigenvalue weighted by molar-refractivity contribution is 6.02. The second-order valence-corrected chi connectivity index (χ2v) is 28.4. The van der Waals surface area contributed by atoms with Gasteiger partial charge in [-0.3, -0.25) is 19.2 Å². The summed E-state index contributed by atoms with van der Waals surface area (Å²) in [6.07, 6.45) is 19.2. The fourth-order valence-electron chi connectivity index (χ4n) is 11.6. The topological polar surface area (TPSA) is 356 Å². The Morgan fingerprint density at radius 1 is 0.252 bits per heavy atom. The third kappa shape index (κ3) is 80.4. The summed E-state index contributed by atoms with van der Waals surface area (Å²) in [5, 5.41) is 3.07. The molecule has 0 saturated heterocycles. The molecule has 0 aliphatic carbocycles. The maximum Gasteiger partial charge on any atom is 0.326 e. The smallest absolute Gasteiger partial charge is 0.326 e. The van der Waals surface area contributed by atoms with Crippen molar-refractivity contribution in [2.75, 3.05) is 324 Å². The highest BCUT2D eigenvalue weighted by atomic mass is 16.7. The molecule has 0 aliphatic heterocycles. The molecule has 0 saturated carbocycles. The summed E-state index contributed by atoms with van der Waals surface area (Å²) < 4.78 is 145. The second kappa shape index (κ2) is 94.9. The van der Waals surface area contributed by atoms with Gasteiger partial charge in [0.25, 0.3) is 0 Å². The van der Waals surface area contributed by atoms with E-state index in [9.17, 15) is 19.2 Å². The number of rotatable bonds is 102. The monoisotopic (exact) mass is 1770 g/mol. The van der Waals surface area contributed by atoms with Gasteiger partial charge in [0.1, 0.15) is 18.6 Å². The van der Waals surface area contributed by atoms with E-state index in [4.69, 9.17) is 129 Å². The molecule has 0 spiro atoms. The fourth-order valence-corrected chi connectivity index (χ4v) is 11.6. The van der Waals surface area contributed by atoms with Crippen LogP contribution in [0.5, 0.6) is 0 Å². The van der Waals surface area contributed by atoms with Crippen LogP contribution in [0, 0.1) is 5.41 Å². The molecular weight excluding hydrogens is 1600 g/mol. The highest BCUT2D eigenvalue weighted by Gasteiger charge is 2.46. The quantitative estimate of drug-likeness (QED) is 0.0269. The number of unbranched alkanes of at least 4 members (excludes halogenated alkanes) is 15. The zero-order chi connectivity index (χ0) is 87.7. The van der Waals surface area contributed by atoms with E-state index >= 15 is 0 Å². The Morgan fingerprint density at radius 2 is 0.472 bits per heavy atom. The fraction of sp³-hybridized carbons (Fsp3) is 0.822. The summed E-state index contributed by atoms with van der Waals surface area (Å²) in [5.41, 5.74) is 0.572. The molecule has 0 heterocycles. The van der Waals surface area contributed by atoms with E-state index in [1.54, 1.807) is 0 Å². The van der Waals surface area contributed by atoms with Gasteiger partial charge in [0.2, 0.25) is 5.91 Å². The second-order valence-electron chi connectivity index (χ2n) is 28.4. The molecule has 716 valence electrons. The molecule has 0 radical (unpaired) electrons. The number of ether oxygens (including phenoxy) is 26. The normalized spacial score (nSPS) is 12.0. The number of esters is 2. The van der Waals surface area contributed by atoms with Crippen LogP contribution in [-0.4, -0.2) is 347 Å². The molecule has 0 aromatic heterocycles. The minimum absolute atomic E-state index is 0.108. The Balaban J connectivity index is 1.28. The van der Waals surface area contributed by atoms with Crippen molar-refractivity contribution >= 4 is 23.8 Å². The highest BCUT2D eigenvalue weighted by Crippen LogP contribution is 2.35. The maximum atomic E-state index is 14.4. The van der Waals surface area contributed by atoms with E-state index in [2.05, 4.69) is 17.1 Å². The molecule has 0 aliphatic rings. The number of carbonyl (C=O) groups excluding carboxylic acids is 4. The van der Waals surface area contributed by atoms with Crippen molar-refractivity contribution in [1.82, 2.24) is 5.32 Å². The molecule has 123 heavy (non-hydrogen) atoms. The number of benzene rings is 2. The van der Waals surface area contributed by atoms with Crippen LogP contribution in [0.15, 0.2) is 60.7 Å². The number of hydrogen-bond donors (Lipinski definition) is 2. The zero-order valence-electron chi connectivity index (χ0n) is 74.9. The van der Waals surface area contributed by atoms with Crippen LogP contribution in [0.4, 0.5) is 0 Å². The van der Waals surface area contributed by atoms with Crippen molar-refractivity contribution in [3.8, 4) is 0 Å². The standard InChI is InChI=1S/C90H160N2O31/c1-2-3-4-5-6-8-11-14-23-31-90(89(96)122-83-85-27-20-17-21-28-85,32-24-15-12-9-7-10-13-22-29-86(93)121-82-84-25-18-16-19-26-84)88(95)92-33-35-98-37-39-100-41-43-102-45-47-104-49-51-106-53-55-108-57-59-110-61-63-112-65-67-114-69-71-116-73-75-118-77-79-120-81-80-119-78-76-117-74-72-115-70-68-113-66-64-111-62-60-109-58-56-107-54-52-105-50-48-103-46-44-101-42-40-99-38-36-97-34-30-87(94)123-91/h16-21,25-28H,2-15,22-24,29-83,91H2,1H3,(H,92,95). The molecule has 2 aromatic carbocycles. The molecule has 33 nitrogen and oxygen atoms in total. The van der Waals surface area contributed by atoms with E-state index in [1.807, 2.05) is 60.7 Å². The SMILES string of the molecule is CCCCCCCCCCCC(CCCCCCCCCCC(=O)OCc1ccccc1)(C(=O)NCCOCCOCCOCCOCCOCCOCCOCCOCCOCCOCCOCCOCCOCCOCCOCCOCCOCCOCCOCCOCCOCCOCCOCCOCCC(=O)ON)C(=O)OCc1ccccc1. The van der Waals surface area contributed by atoms with Crippen molar-refractivity contribution < 1.29 is 147 Å². The van der Waals surface area contributed by atoms with Gasteiger partial charge in [-0.25, -0.2) is 0 Å². The van der Waals surface area contributed by atoms with Crippen molar-refractivity contribution in [2.45, 2.75) is 155 Å². The van der Waals surface area contributed by atoms with Crippen molar-refractivity contribution in [2.24, 2.45) is 11.3 Å². The van der Waals surface area contributed by atoms with E-state index in [-0.39, 0.29) is 44.7 Å².